The molecule has 4 heteroatoms. The summed E-state index contributed by atoms with van der Waals surface area (Å²) in [5, 5.41) is 0.629. The minimum atomic E-state index is 0.380. The molecule has 0 spiro atoms. The molecule has 0 radical (unpaired) electrons. The van der Waals surface area contributed by atoms with Crippen molar-refractivity contribution in [2.75, 3.05) is 7.11 Å². The number of hydrogen-bond donors (Lipinski definition) is 0. The van der Waals surface area contributed by atoms with Gasteiger partial charge in [0.15, 0.2) is 0 Å². The van der Waals surface area contributed by atoms with Gasteiger partial charge in [-0.2, -0.15) is 0 Å². The van der Waals surface area contributed by atoms with Crippen LogP contribution >= 0.6 is 11.6 Å². The standard InChI is InChI=1S/C16H18ClNO2/c1-11(2)12-4-7-16(15(17)8-12)20-10-13-5-6-14(19-3)9-18-13/h4-9,11H,10H2,1-3H3. The van der Waals surface area contributed by atoms with Gasteiger partial charge in [0.05, 0.1) is 24.0 Å². The van der Waals surface area contributed by atoms with Crippen LogP contribution in [0.2, 0.25) is 5.02 Å². The lowest BCUT2D eigenvalue weighted by molar-refractivity contribution is 0.301. The van der Waals surface area contributed by atoms with Crippen LogP contribution < -0.4 is 9.47 Å². The largest absolute Gasteiger partial charge is 0.495 e. The van der Waals surface area contributed by atoms with Crippen molar-refractivity contribution in [1.82, 2.24) is 4.98 Å². The van der Waals surface area contributed by atoms with Crippen LogP contribution in [0.15, 0.2) is 36.5 Å². The Morgan fingerprint density at radius 1 is 1.20 bits per heavy atom. The minimum absolute atomic E-state index is 0.380. The van der Waals surface area contributed by atoms with Crippen LogP contribution in [-0.4, -0.2) is 12.1 Å². The van der Waals surface area contributed by atoms with E-state index in [-0.39, 0.29) is 0 Å². The molecule has 0 unspecified atom stereocenters. The SMILES string of the molecule is COc1ccc(COc2ccc(C(C)C)cc2Cl)nc1. The molecule has 0 aliphatic rings. The van der Waals surface area contributed by atoms with Gasteiger partial charge in [-0.1, -0.05) is 31.5 Å². The number of aromatic nitrogens is 1. The Hall–Kier alpha value is -1.74. The molecule has 0 aliphatic heterocycles. The number of methoxy groups -OCH3 is 1. The quantitative estimate of drug-likeness (QED) is 0.816. The van der Waals surface area contributed by atoms with Crippen LogP contribution in [0.3, 0.4) is 0 Å². The van der Waals surface area contributed by atoms with Crippen molar-refractivity contribution in [3.63, 3.8) is 0 Å². The van der Waals surface area contributed by atoms with Crippen LogP contribution in [0.4, 0.5) is 0 Å². The zero-order chi connectivity index (χ0) is 14.5. The molecule has 0 saturated carbocycles. The van der Waals surface area contributed by atoms with Gasteiger partial charge in [0.25, 0.3) is 0 Å². The first-order valence-corrected chi connectivity index (χ1v) is 6.89. The second-order valence-corrected chi connectivity index (χ2v) is 5.23. The van der Waals surface area contributed by atoms with Crippen molar-refractivity contribution >= 4 is 11.6 Å². The summed E-state index contributed by atoms with van der Waals surface area (Å²) in [7, 11) is 1.61. The van der Waals surface area contributed by atoms with E-state index in [1.807, 2.05) is 30.3 Å². The lowest BCUT2D eigenvalue weighted by Gasteiger charge is -2.11. The van der Waals surface area contributed by atoms with Gasteiger partial charge in [0.2, 0.25) is 0 Å². The van der Waals surface area contributed by atoms with Gasteiger partial charge in [0.1, 0.15) is 18.1 Å². The van der Waals surface area contributed by atoms with E-state index in [0.717, 1.165) is 11.4 Å². The monoisotopic (exact) mass is 291 g/mol. The molecule has 106 valence electrons. The van der Waals surface area contributed by atoms with E-state index in [9.17, 15) is 0 Å². The van der Waals surface area contributed by atoms with Gasteiger partial charge >= 0.3 is 0 Å². The Balaban J connectivity index is 2.03. The molecule has 0 saturated heterocycles. The van der Waals surface area contributed by atoms with E-state index < -0.39 is 0 Å². The fourth-order valence-corrected chi connectivity index (χ4v) is 2.01. The van der Waals surface area contributed by atoms with Gasteiger partial charge in [0, 0.05) is 0 Å². The smallest absolute Gasteiger partial charge is 0.138 e. The molecule has 3 nitrogen and oxygen atoms in total. The van der Waals surface area contributed by atoms with Crippen molar-refractivity contribution in [2.45, 2.75) is 26.4 Å². The van der Waals surface area contributed by atoms with Crippen molar-refractivity contribution in [2.24, 2.45) is 0 Å². The third kappa shape index (κ3) is 3.64. The lowest BCUT2D eigenvalue weighted by Crippen LogP contribution is -1.99. The number of rotatable bonds is 5. The summed E-state index contributed by atoms with van der Waals surface area (Å²) in [5.74, 6) is 1.85. The number of benzene rings is 1. The van der Waals surface area contributed by atoms with Crippen LogP contribution in [0.1, 0.15) is 31.0 Å². The highest BCUT2D eigenvalue weighted by Gasteiger charge is 2.06. The van der Waals surface area contributed by atoms with Gasteiger partial charge in [-0.05, 0) is 35.7 Å². The Morgan fingerprint density at radius 3 is 2.55 bits per heavy atom. The van der Waals surface area contributed by atoms with Crippen molar-refractivity contribution in [3.05, 3.63) is 52.8 Å². The van der Waals surface area contributed by atoms with Crippen LogP contribution in [0.25, 0.3) is 0 Å². The summed E-state index contributed by atoms with van der Waals surface area (Å²) in [4.78, 5) is 4.25. The second-order valence-electron chi connectivity index (χ2n) is 4.82. The van der Waals surface area contributed by atoms with Gasteiger partial charge in [-0.15, -0.1) is 0 Å². The highest BCUT2D eigenvalue weighted by molar-refractivity contribution is 6.32. The molecule has 2 rings (SSSR count). The highest BCUT2D eigenvalue weighted by atomic mass is 35.5. The number of hydrogen-bond acceptors (Lipinski definition) is 3. The summed E-state index contributed by atoms with van der Waals surface area (Å²) in [6.45, 7) is 4.64. The zero-order valence-corrected chi connectivity index (χ0v) is 12.6. The first-order valence-electron chi connectivity index (χ1n) is 6.51. The molecule has 0 amide bonds. The average Bonchev–Trinajstić information content (AvgIpc) is 2.46. The number of pyridine rings is 1. The first-order chi connectivity index (χ1) is 9.60. The van der Waals surface area contributed by atoms with Crippen LogP contribution in [-0.2, 0) is 6.61 Å². The topological polar surface area (TPSA) is 31.4 Å². The molecular formula is C16H18ClNO2. The summed E-state index contributed by atoms with van der Waals surface area (Å²) >= 11 is 6.22. The maximum absolute atomic E-state index is 6.22. The highest BCUT2D eigenvalue weighted by Crippen LogP contribution is 2.29. The molecule has 2 aromatic rings. The molecule has 0 atom stereocenters. The summed E-state index contributed by atoms with van der Waals surface area (Å²) in [5.41, 5.74) is 2.03. The van der Waals surface area contributed by atoms with Gasteiger partial charge < -0.3 is 9.47 Å². The number of nitrogens with zero attached hydrogens (tertiary/aromatic N) is 1. The Labute approximate surface area is 124 Å². The number of halogens is 1. The Bertz CT molecular complexity index is 567. The molecule has 0 N–H and O–H groups in total. The van der Waals surface area contributed by atoms with E-state index in [1.54, 1.807) is 13.3 Å². The predicted molar refractivity (Wildman–Crippen MR) is 80.7 cm³/mol. The molecule has 1 aromatic carbocycles. The summed E-state index contributed by atoms with van der Waals surface area (Å²) < 4.78 is 10.8. The normalized spacial score (nSPS) is 10.7. The van der Waals surface area contributed by atoms with Gasteiger partial charge in [-0.25, -0.2) is 0 Å². The van der Waals surface area contributed by atoms with Crippen LogP contribution in [0, 0.1) is 0 Å². The van der Waals surface area contributed by atoms with Crippen molar-refractivity contribution in [3.8, 4) is 11.5 Å². The fraction of sp³-hybridized carbons (Fsp3) is 0.312. The van der Waals surface area contributed by atoms with E-state index in [4.69, 9.17) is 21.1 Å². The summed E-state index contributed by atoms with van der Waals surface area (Å²) in [6.07, 6.45) is 1.67. The van der Waals surface area contributed by atoms with Crippen LogP contribution in [0.5, 0.6) is 11.5 Å². The van der Waals surface area contributed by atoms with E-state index in [1.165, 1.54) is 5.56 Å². The molecule has 0 fully saturated rings. The Morgan fingerprint density at radius 2 is 2.00 bits per heavy atom. The molecule has 1 heterocycles. The molecular weight excluding hydrogens is 274 g/mol. The first kappa shape index (κ1) is 14.7. The van der Waals surface area contributed by atoms with Crippen molar-refractivity contribution < 1.29 is 9.47 Å². The third-order valence-electron chi connectivity index (χ3n) is 3.03. The van der Waals surface area contributed by atoms with Gasteiger partial charge in [-0.3, -0.25) is 4.98 Å². The maximum atomic E-state index is 6.22. The van der Waals surface area contributed by atoms with Crippen molar-refractivity contribution in [1.29, 1.82) is 0 Å². The van der Waals surface area contributed by atoms with E-state index in [0.29, 0.717) is 23.3 Å². The lowest BCUT2D eigenvalue weighted by atomic mass is 10.0. The zero-order valence-electron chi connectivity index (χ0n) is 11.9. The predicted octanol–water partition coefficient (Wildman–Crippen LogP) is 4.45. The fourth-order valence-electron chi connectivity index (χ4n) is 1.76. The summed E-state index contributed by atoms with van der Waals surface area (Å²) in [6, 6.07) is 9.61. The number of ether oxygens (including phenoxy) is 2. The molecule has 1 aromatic heterocycles. The molecule has 20 heavy (non-hydrogen) atoms. The molecule has 0 bridgehead atoms. The maximum Gasteiger partial charge on any atom is 0.138 e. The molecule has 0 aliphatic carbocycles. The minimum Gasteiger partial charge on any atom is -0.495 e. The van der Waals surface area contributed by atoms with E-state index >= 15 is 0 Å². The third-order valence-corrected chi connectivity index (χ3v) is 3.33. The average molecular weight is 292 g/mol. The van der Waals surface area contributed by atoms with E-state index in [2.05, 4.69) is 18.8 Å². The Kier molecular flexibility index (Phi) is 4.85. The second kappa shape index (κ2) is 6.62.